The van der Waals surface area contributed by atoms with Crippen molar-refractivity contribution in [1.29, 1.82) is 0 Å². The van der Waals surface area contributed by atoms with Gasteiger partial charge in [0, 0.05) is 23.0 Å². The molecule has 0 saturated carbocycles. The summed E-state index contributed by atoms with van der Waals surface area (Å²) < 4.78 is 6.32. The highest BCUT2D eigenvalue weighted by atomic mass is 79.9. The number of nitrogens with one attached hydrogen (secondary N) is 2. The predicted octanol–water partition coefficient (Wildman–Crippen LogP) is 4.11. The lowest BCUT2D eigenvalue weighted by atomic mass is 10.1. The molecule has 0 aliphatic rings. The second-order valence-corrected chi connectivity index (χ2v) is 6.66. The van der Waals surface area contributed by atoms with Crippen LogP contribution in [0.5, 0.6) is 5.75 Å². The Hall–Kier alpha value is -2.67. The lowest BCUT2D eigenvalue weighted by Gasteiger charge is -2.07. The molecule has 0 radical (unpaired) electrons. The fourth-order valence-corrected chi connectivity index (χ4v) is 2.47. The van der Waals surface area contributed by atoms with Gasteiger partial charge < -0.3 is 10.1 Å². The first-order valence-corrected chi connectivity index (χ1v) is 9.39. The fraction of sp³-hybridized carbons (Fsp3) is 0.250. The van der Waals surface area contributed by atoms with Crippen molar-refractivity contribution < 1.29 is 14.3 Å². The molecule has 0 fully saturated rings. The zero-order valence-corrected chi connectivity index (χ0v) is 16.9. The quantitative estimate of drug-likeness (QED) is 0.487. The molecule has 0 aromatic heterocycles. The third-order valence-electron chi connectivity index (χ3n) is 3.64. The van der Waals surface area contributed by atoms with E-state index in [2.05, 4.69) is 31.8 Å². The summed E-state index contributed by atoms with van der Waals surface area (Å²) in [5.74, 6) is 0.199. The van der Waals surface area contributed by atoms with Crippen molar-refractivity contribution in [3.05, 3.63) is 58.6 Å². The topological polar surface area (TPSA) is 79.8 Å². The molecule has 7 heteroatoms. The van der Waals surface area contributed by atoms with E-state index in [9.17, 15) is 9.59 Å². The predicted molar refractivity (Wildman–Crippen MR) is 110 cm³/mol. The lowest BCUT2D eigenvalue weighted by Crippen LogP contribution is -2.21. The molecule has 0 spiro atoms. The standard InChI is InChI=1S/C20H22BrN3O3/c1-3-27-18-10-8-17(9-11-18)22-19(25)12-13-20(26)24-23-14(2)15-4-6-16(21)7-5-15/h4-11H,3,12-13H2,1-2H3,(H,22,25)(H,24,26). The van der Waals surface area contributed by atoms with Crippen LogP contribution in [-0.4, -0.2) is 24.1 Å². The number of hydrogen-bond donors (Lipinski definition) is 2. The van der Waals surface area contributed by atoms with Gasteiger partial charge in [0.15, 0.2) is 0 Å². The van der Waals surface area contributed by atoms with Crippen LogP contribution in [0.2, 0.25) is 0 Å². The minimum atomic E-state index is -0.312. The van der Waals surface area contributed by atoms with Gasteiger partial charge in [-0.3, -0.25) is 9.59 Å². The molecule has 0 saturated heterocycles. The second kappa shape index (κ2) is 10.5. The summed E-state index contributed by atoms with van der Waals surface area (Å²) in [7, 11) is 0. The molecule has 0 heterocycles. The summed E-state index contributed by atoms with van der Waals surface area (Å²) in [4.78, 5) is 23.8. The number of nitrogens with zero attached hydrogens (tertiary/aromatic N) is 1. The Morgan fingerprint density at radius 1 is 1.00 bits per heavy atom. The van der Waals surface area contributed by atoms with E-state index in [1.54, 1.807) is 24.3 Å². The van der Waals surface area contributed by atoms with E-state index < -0.39 is 0 Å². The number of rotatable bonds is 8. The summed E-state index contributed by atoms with van der Waals surface area (Å²) in [6.45, 7) is 4.30. The number of carbonyl (C=O) groups is 2. The maximum Gasteiger partial charge on any atom is 0.240 e. The van der Waals surface area contributed by atoms with Crippen molar-refractivity contribution in [1.82, 2.24) is 5.43 Å². The van der Waals surface area contributed by atoms with Gasteiger partial charge in [-0.2, -0.15) is 5.10 Å². The summed E-state index contributed by atoms with van der Waals surface area (Å²) in [6, 6.07) is 14.7. The Labute approximate surface area is 167 Å². The molecule has 6 nitrogen and oxygen atoms in total. The Morgan fingerprint density at radius 2 is 1.63 bits per heavy atom. The summed E-state index contributed by atoms with van der Waals surface area (Å²) in [5.41, 5.74) is 4.74. The van der Waals surface area contributed by atoms with Gasteiger partial charge in [0.1, 0.15) is 5.75 Å². The second-order valence-electron chi connectivity index (χ2n) is 5.74. The van der Waals surface area contributed by atoms with Crippen molar-refractivity contribution in [3.63, 3.8) is 0 Å². The van der Waals surface area contributed by atoms with Crippen LogP contribution in [-0.2, 0) is 9.59 Å². The van der Waals surface area contributed by atoms with Gasteiger partial charge in [0.05, 0.1) is 12.3 Å². The molecular weight excluding hydrogens is 410 g/mol. The van der Waals surface area contributed by atoms with Crippen LogP contribution in [0.3, 0.4) is 0 Å². The SMILES string of the molecule is CCOc1ccc(NC(=O)CCC(=O)NN=C(C)c2ccc(Br)cc2)cc1. The smallest absolute Gasteiger partial charge is 0.240 e. The van der Waals surface area contributed by atoms with Crippen LogP contribution in [0, 0.1) is 0 Å². The Bertz CT molecular complexity index is 802. The third-order valence-corrected chi connectivity index (χ3v) is 4.17. The first kappa shape index (κ1) is 20.6. The van der Waals surface area contributed by atoms with Gasteiger partial charge in [-0.25, -0.2) is 5.43 Å². The molecule has 2 amide bonds. The van der Waals surface area contributed by atoms with Crippen LogP contribution < -0.4 is 15.5 Å². The fourth-order valence-electron chi connectivity index (χ4n) is 2.21. The summed E-state index contributed by atoms with van der Waals surface area (Å²) >= 11 is 3.37. The van der Waals surface area contributed by atoms with Crippen molar-refractivity contribution in [2.75, 3.05) is 11.9 Å². The maximum absolute atomic E-state index is 12.0. The third kappa shape index (κ3) is 7.22. The lowest BCUT2D eigenvalue weighted by molar-refractivity contribution is -0.124. The molecule has 0 unspecified atom stereocenters. The van der Waals surface area contributed by atoms with E-state index in [1.165, 1.54) is 0 Å². The number of benzene rings is 2. The van der Waals surface area contributed by atoms with E-state index in [4.69, 9.17) is 4.74 Å². The number of carbonyl (C=O) groups excluding carboxylic acids is 2. The van der Waals surface area contributed by atoms with E-state index in [1.807, 2.05) is 38.1 Å². The first-order valence-electron chi connectivity index (χ1n) is 8.59. The van der Waals surface area contributed by atoms with Crippen LogP contribution in [0.15, 0.2) is 58.1 Å². The number of ether oxygens (including phenoxy) is 1. The van der Waals surface area contributed by atoms with Crippen molar-refractivity contribution >= 4 is 39.1 Å². The Balaban J connectivity index is 1.76. The summed E-state index contributed by atoms with van der Waals surface area (Å²) in [6.07, 6.45) is 0.131. The monoisotopic (exact) mass is 431 g/mol. The molecule has 2 aromatic carbocycles. The van der Waals surface area contributed by atoms with Gasteiger partial charge >= 0.3 is 0 Å². The molecule has 0 aliphatic carbocycles. The molecule has 27 heavy (non-hydrogen) atoms. The minimum Gasteiger partial charge on any atom is -0.494 e. The number of anilines is 1. The van der Waals surface area contributed by atoms with E-state index in [0.717, 1.165) is 15.8 Å². The highest BCUT2D eigenvalue weighted by Crippen LogP contribution is 2.16. The molecule has 0 atom stereocenters. The minimum absolute atomic E-state index is 0.0555. The molecular formula is C20H22BrN3O3. The number of amides is 2. The highest BCUT2D eigenvalue weighted by Gasteiger charge is 2.07. The van der Waals surface area contributed by atoms with E-state index in [0.29, 0.717) is 18.0 Å². The highest BCUT2D eigenvalue weighted by molar-refractivity contribution is 9.10. The van der Waals surface area contributed by atoms with Gasteiger partial charge in [0.25, 0.3) is 0 Å². The van der Waals surface area contributed by atoms with Crippen LogP contribution in [0.25, 0.3) is 0 Å². The van der Waals surface area contributed by atoms with Crippen LogP contribution in [0.4, 0.5) is 5.69 Å². The molecule has 0 bridgehead atoms. The average molecular weight is 432 g/mol. The van der Waals surface area contributed by atoms with Gasteiger partial charge in [0.2, 0.25) is 11.8 Å². The van der Waals surface area contributed by atoms with E-state index >= 15 is 0 Å². The maximum atomic E-state index is 12.0. The number of hydrazone groups is 1. The first-order chi connectivity index (χ1) is 13.0. The van der Waals surface area contributed by atoms with Crippen molar-refractivity contribution in [3.8, 4) is 5.75 Å². The zero-order chi connectivity index (χ0) is 19.6. The van der Waals surface area contributed by atoms with Crippen molar-refractivity contribution in [2.24, 2.45) is 5.10 Å². The molecule has 2 rings (SSSR count). The molecule has 2 N–H and O–H groups in total. The van der Waals surface area contributed by atoms with Gasteiger partial charge in [-0.05, 0) is 55.8 Å². The van der Waals surface area contributed by atoms with E-state index in [-0.39, 0.29) is 24.7 Å². The van der Waals surface area contributed by atoms with Crippen molar-refractivity contribution in [2.45, 2.75) is 26.7 Å². The number of halogens is 1. The van der Waals surface area contributed by atoms with Crippen LogP contribution >= 0.6 is 15.9 Å². The number of hydrogen-bond acceptors (Lipinski definition) is 4. The Morgan fingerprint density at radius 3 is 2.26 bits per heavy atom. The average Bonchev–Trinajstić information content (AvgIpc) is 2.67. The van der Waals surface area contributed by atoms with Crippen LogP contribution in [0.1, 0.15) is 32.3 Å². The Kier molecular flexibility index (Phi) is 8.00. The molecule has 0 aliphatic heterocycles. The summed E-state index contributed by atoms with van der Waals surface area (Å²) in [5, 5.41) is 6.82. The zero-order valence-electron chi connectivity index (χ0n) is 15.3. The molecule has 142 valence electrons. The van der Waals surface area contributed by atoms with Gasteiger partial charge in [-0.1, -0.05) is 28.1 Å². The largest absolute Gasteiger partial charge is 0.494 e. The van der Waals surface area contributed by atoms with Gasteiger partial charge in [-0.15, -0.1) is 0 Å². The molecule has 2 aromatic rings. The normalized spacial score (nSPS) is 11.0.